The molecule has 1 aromatic carbocycles. The first-order chi connectivity index (χ1) is 7.59. The van der Waals surface area contributed by atoms with E-state index in [2.05, 4.69) is 0 Å². The lowest BCUT2D eigenvalue weighted by Crippen LogP contribution is -2.37. The van der Waals surface area contributed by atoms with Crippen molar-refractivity contribution in [2.45, 2.75) is 12.5 Å². The van der Waals surface area contributed by atoms with Crippen molar-refractivity contribution in [2.24, 2.45) is 0 Å². The maximum Gasteiger partial charge on any atom is 0.484 e. The zero-order chi connectivity index (χ0) is 13.3. The van der Waals surface area contributed by atoms with Gasteiger partial charge in [-0.15, -0.1) is 0 Å². The van der Waals surface area contributed by atoms with E-state index in [0.717, 1.165) is 0 Å². The minimum absolute atomic E-state index is 0.504. The number of rotatable bonds is 1. The predicted octanol–water partition coefficient (Wildman–Crippen LogP) is 2.96. The van der Waals surface area contributed by atoms with Gasteiger partial charge in [-0.3, -0.25) is 10.1 Å². The first-order valence-electron chi connectivity index (χ1n) is 4.16. The number of hydrogen-bond donors (Lipinski definition) is 1. The van der Waals surface area contributed by atoms with Crippen LogP contribution in [0.25, 0.3) is 0 Å². The molecule has 0 aromatic heterocycles. The lowest BCUT2D eigenvalue weighted by Gasteiger charge is -2.09. The number of amides is 1. The van der Waals surface area contributed by atoms with Crippen molar-refractivity contribution in [1.82, 2.24) is 5.32 Å². The Kier molecular flexibility index (Phi) is 3.35. The van der Waals surface area contributed by atoms with Gasteiger partial charge in [0.15, 0.2) is 0 Å². The molecule has 0 fully saturated rings. The van der Waals surface area contributed by atoms with Crippen LogP contribution in [0.15, 0.2) is 24.3 Å². The summed E-state index contributed by atoms with van der Waals surface area (Å²) < 4.78 is 71.6. The number of nitrogens with one attached hydrogen (secondary N) is 1. The largest absolute Gasteiger partial charge is 0.484 e. The molecule has 0 aliphatic rings. The smallest absolute Gasteiger partial charge is 0.269 e. The van der Waals surface area contributed by atoms with Gasteiger partial charge in [-0.1, -0.05) is 0 Å². The van der Waals surface area contributed by atoms with Crippen LogP contribution in [0.4, 0.5) is 26.3 Å². The minimum atomic E-state index is -4.92. The Balaban J connectivity index is 2.85. The highest BCUT2D eigenvalue weighted by Gasteiger charge is 2.32. The van der Waals surface area contributed by atoms with E-state index in [4.69, 9.17) is 0 Å². The molecule has 1 N–H and O–H groups in total. The fourth-order valence-electron chi connectivity index (χ4n) is 1.01. The van der Waals surface area contributed by atoms with E-state index in [-0.39, 0.29) is 0 Å². The molecular formula is C9H5F6NO. The SMILES string of the molecule is O=C(NC(F)(F)F)c1ccc(C(F)(F)F)cc1. The molecule has 94 valence electrons. The lowest BCUT2D eigenvalue weighted by molar-refractivity contribution is -0.146. The van der Waals surface area contributed by atoms with Crippen LogP contribution in [0.5, 0.6) is 0 Å². The molecule has 0 atom stereocenters. The normalized spacial score (nSPS) is 12.4. The van der Waals surface area contributed by atoms with Gasteiger partial charge in [0.05, 0.1) is 5.56 Å². The average molecular weight is 257 g/mol. The highest BCUT2D eigenvalue weighted by molar-refractivity contribution is 5.94. The molecule has 0 heterocycles. The van der Waals surface area contributed by atoms with Gasteiger partial charge in [-0.05, 0) is 24.3 Å². The van der Waals surface area contributed by atoms with Gasteiger partial charge in [0, 0.05) is 5.56 Å². The summed E-state index contributed by atoms with van der Waals surface area (Å²) >= 11 is 0. The molecule has 1 amide bonds. The van der Waals surface area contributed by atoms with Crippen LogP contribution in [0.3, 0.4) is 0 Å². The third-order valence-corrected chi connectivity index (χ3v) is 1.73. The second kappa shape index (κ2) is 4.27. The molecule has 1 aromatic rings. The fourth-order valence-corrected chi connectivity index (χ4v) is 1.01. The Bertz CT molecular complexity index is 405. The first-order valence-corrected chi connectivity index (χ1v) is 4.16. The predicted molar refractivity (Wildman–Crippen MR) is 45.0 cm³/mol. The summed E-state index contributed by atoms with van der Waals surface area (Å²) in [5, 5.41) is 0.673. The third kappa shape index (κ3) is 3.97. The van der Waals surface area contributed by atoms with E-state index in [1.807, 2.05) is 0 Å². The van der Waals surface area contributed by atoms with E-state index in [1.165, 1.54) is 0 Å². The summed E-state index contributed by atoms with van der Waals surface area (Å²) in [4.78, 5) is 10.9. The number of hydrogen-bond acceptors (Lipinski definition) is 1. The molecule has 0 saturated heterocycles. The Morgan fingerprint density at radius 3 is 1.76 bits per heavy atom. The Morgan fingerprint density at radius 2 is 1.41 bits per heavy atom. The van der Waals surface area contributed by atoms with Gasteiger partial charge in [0.25, 0.3) is 5.91 Å². The average Bonchev–Trinajstić information content (AvgIpc) is 2.14. The molecule has 0 saturated carbocycles. The number of carbonyl (C=O) groups excluding carboxylic acids is 1. The van der Waals surface area contributed by atoms with Crippen molar-refractivity contribution in [2.75, 3.05) is 0 Å². The molecule has 1 rings (SSSR count). The van der Waals surface area contributed by atoms with Gasteiger partial charge in [0.1, 0.15) is 0 Å². The zero-order valence-corrected chi connectivity index (χ0v) is 7.99. The van der Waals surface area contributed by atoms with Crippen LogP contribution >= 0.6 is 0 Å². The Hall–Kier alpha value is -1.73. The molecule has 0 bridgehead atoms. The van der Waals surface area contributed by atoms with Gasteiger partial charge < -0.3 is 0 Å². The molecule has 0 spiro atoms. The van der Waals surface area contributed by atoms with Crippen LogP contribution in [0.2, 0.25) is 0 Å². The highest BCUT2D eigenvalue weighted by atomic mass is 19.4. The maximum atomic E-state index is 12.1. The number of carbonyl (C=O) groups is 1. The van der Waals surface area contributed by atoms with Crippen molar-refractivity contribution in [3.63, 3.8) is 0 Å². The van der Waals surface area contributed by atoms with Gasteiger partial charge in [-0.2, -0.15) is 26.3 Å². The first kappa shape index (κ1) is 13.3. The fraction of sp³-hybridized carbons (Fsp3) is 0.222. The van der Waals surface area contributed by atoms with E-state index < -0.39 is 29.5 Å². The number of benzene rings is 1. The van der Waals surface area contributed by atoms with E-state index in [1.54, 1.807) is 0 Å². The minimum Gasteiger partial charge on any atom is -0.269 e. The van der Waals surface area contributed by atoms with Crippen molar-refractivity contribution in [3.8, 4) is 0 Å². The molecule has 0 aliphatic heterocycles. The summed E-state index contributed by atoms with van der Waals surface area (Å²) in [7, 11) is 0. The lowest BCUT2D eigenvalue weighted by atomic mass is 10.1. The summed E-state index contributed by atoms with van der Waals surface area (Å²) in [6.45, 7) is 0. The Labute approximate surface area is 91.2 Å². The van der Waals surface area contributed by atoms with E-state index in [9.17, 15) is 31.1 Å². The summed E-state index contributed by atoms with van der Waals surface area (Å²) in [5.41, 5.74) is -1.55. The topological polar surface area (TPSA) is 29.1 Å². The molecule has 0 aliphatic carbocycles. The van der Waals surface area contributed by atoms with Gasteiger partial charge >= 0.3 is 12.5 Å². The van der Waals surface area contributed by atoms with Gasteiger partial charge in [-0.25, -0.2) is 0 Å². The van der Waals surface area contributed by atoms with Crippen molar-refractivity contribution in [3.05, 3.63) is 35.4 Å². The van der Waals surface area contributed by atoms with Crippen LogP contribution in [0, 0.1) is 0 Å². The van der Waals surface area contributed by atoms with Crippen LogP contribution in [-0.4, -0.2) is 12.2 Å². The monoisotopic (exact) mass is 257 g/mol. The molecular weight excluding hydrogens is 252 g/mol. The van der Waals surface area contributed by atoms with Crippen molar-refractivity contribution < 1.29 is 31.1 Å². The standard InChI is InChI=1S/C9H5F6NO/c10-8(11,12)6-3-1-5(2-4-6)7(17)16-9(13,14)15/h1-4H,(H,16,17). The van der Waals surface area contributed by atoms with Crippen molar-refractivity contribution >= 4 is 5.91 Å². The maximum absolute atomic E-state index is 12.1. The summed E-state index contributed by atoms with van der Waals surface area (Å²) in [5.74, 6) is -1.51. The van der Waals surface area contributed by atoms with E-state index in [0.29, 0.717) is 29.6 Å². The van der Waals surface area contributed by atoms with E-state index >= 15 is 0 Å². The van der Waals surface area contributed by atoms with Crippen LogP contribution < -0.4 is 5.32 Å². The van der Waals surface area contributed by atoms with Gasteiger partial charge in [0.2, 0.25) is 0 Å². The number of alkyl halides is 6. The molecule has 0 radical (unpaired) electrons. The molecule has 8 heteroatoms. The summed E-state index contributed by atoms with van der Waals surface area (Å²) in [6.07, 6.45) is -9.52. The quantitative estimate of drug-likeness (QED) is 0.608. The highest BCUT2D eigenvalue weighted by Crippen LogP contribution is 2.29. The zero-order valence-electron chi connectivity index (χ0n) is 7.99. The second-order valence-corrected chi connectivity index (χ2v) is 3.03. The number of halogens is 6. The third-order valence-electron chi connectivity index (χ3n) is 1.73. The molecule has 0 unspecified atom stereocenters. The Morgan fingerprint density at radius 1 is 0.941 bits per heavy atom. The van der Waals surface area contributed by atoms with Crippen LogP contribution in [0.1, 0.15) is 15.9 Å². The van der Waals surface area contributed by atoms with Crippen LogP contribution in [-0.2, 0) is 6.18 Å². The molecule has 2 nitrogen and oxygen atoms in total. The molecule has 17 heavy (non-hydrogen) atoms. The summed E-state index contributed by atoms with van der Waals surface area (Å²) in [6, 6.07) is 2.41. The second-order valence-electron chi connectivity index (χ2n) is 3.03. The van der Waals surface area contributed by atoms with Crippen molar-refractivity contribution in [1.29, 1.82) is 0 Å².